The first-order valence-corrected chi connectivity index (χ1v) is 4.19. The molecule has 0 spiro atoms. The van der Waals surface area contributed by atoms with E-state index in [1.54, 1.807) is 4.90 Å². The molecule has 3 heteroatoms. The van der Waals surface area contributed by atoms with Gasteiger partial charge in [-0.2, -0.15) is 0 Å². The number of amides is 1. The molecule has 0 aromatic heterocycles. The number of halogens is 1. The molecule has 1 aliphatic heterocycles. The van der Waals surface area contributed by atoms with Crippen LogP contribution in [0, 0.1) is 5.92 Å². The Morgan fingerprint density at radius 2 is 2.09 bits per heavy atom. The van der Waals surface area contributed by atoms with Gasteiger partial charge in [-0.05, 0) is 30.4 Å². The van der Waals surface area contributed by atoms with Gasteiger partial charge in [0.15, 0.2) is 0 Å². The lowest BCUT2D eigenvalue weighted by Crippen LogP contribution is -2.34. The van der Waals surface area contributed by atoms with E-state index in [9.17, 15) is 4.79 Å². The van der Waals surface area contributed by atoms with Crippen molar-refractivity contribution >= 4 is 17.0 Å². The van der Waals surface area contributed by atoms with E-state index >= 15 is 0 Å². The maximum absolute atomic E-state index is 10.7. The van der Waals surface area contributed by atoms with Crippen LogP contribution in [0.4, 0.5) is 4.79 Å². The fraction of sp³-hybridized carbons (Fsp3) is 0.625. The van der Waals surface area contributed by atoms with Crippen LogP contribution in [0.3, 0.4) is 0 Å². The van der Waals surface area contributed by atoms with E-state index in [0.29, 0.717) is 5.92 Å². The maximum Gasteiger partial charge on any atom is 0.316 e. The van der Waals surface area contributed by atoms with Gasteiger partial charge in [0.1, 0.15) is 0 Å². The lowest BCUT2D eigenvalue weighted by atomic mass is 9.98. The van der Waals surface area contributed by atoms with Crippen molar-refractivity contribution in [2.24, 2.45) is 5.92 Å². The molecule has 0 saturated carbocycles. The summed E-state index contributed by atoms with van der Waals surface area (Å²) in [5.74, 6) is 0.572. The molecule has 2 nitrogen and oxygen atoms in total. The topological polar surface area (TPSA) is 20.3 Å². The third-order valence-electron chi connectivity index (χ3n) is 2.12. The first-order chi connectivity index (χ1) is 5.24. The van der Waals surface area contributed by atoms with E-state index < -0.39 is 0 Å². The Labute approximate surface area is 71.8 Å². The normalized spacial score (nSPS) is 19.9. The second-order valence-corrected chi connectivity index (χ2v) is 3.14. The van der Waals surface area contributed by atoms with Crippen LogP contribution in [-0.4, -0.2) is 23.4 Å². The van der Waals surface area contributed by atoms with Gasteiger partial charge in [-0.25, -0.2) is 0 Å². The summed E-state index contributed by atoms with van der Waals surface area (Å²) in [5.41, 5.74) is 0. The fourth-order valence-electron chi connectivity index (χ4n) is 1.31. The number of hydrogen-bond acceptors (Lipinski definition) is 1. The number of rotatable bonds is 1. The average Bonchev–Trinajstić information content (AvgIpc) is 2.05. The molecular formula is C8H12ClNO. The van der Waals surface area contributed by atoms with Gasteiger partial charge in [0, 0.05) is 13.1 Å². The van der Waals surface area contributed by atoms with Crippen LogP contribution >= 0.6 is 11.6 Å². The molecule has 0 radical (unpaired) electrons. The van der Waals surface area contributed by atoms with Crippen molar-refractivity contribution in [3.8, 4) is 0 Å². The Morgan fingerprint density at radius 3 is 2.45 bits per heavy atom. The summed E-state index contributed by atoms with van der Waals surface area (Å²) in [6.45, 7) is 5.27. The van der Waals surface area contributed by atoms with Crippen molar-refractivity contribution in [1.82, 2.24) is 4.90 Å². The Morgan fingerprint density at radius 1 is 1.55 bits per heavy atom. The van der Waals surface area contributed by atoms with E-state index in [2.05, 4.69) is 6.58 Å². The molecule has 0 aromatic rings. The summed E-state index contributed by atoms with van der Waals surface area (Å²) in [6, 6.07) is 0. The van der Waals surface area contributed by atoms with Gasteiger partial charge in [-0.15, -0.1) is 6.58 Å². The highest BCUT2D eigenvalue weighted by atomic mass is 35.5. The maximum atomic E-state index is 10.7. The van der Waals surface area contributed by atoms with Crippen molar-refractivity contribution in [2.45, 2.75) is 12.8 Å². The number of piperidine rings is 1. The smallest absolute Gasteiger partial charge is 0.316 e. The molecule has 1 aliphatic rings. The lowest BCUT2D eigenvalue weighted by Gasteiger charge is -2.28. The highest BCUT2D eigenvalue weighted by Crippen LogP contribution is 2.18. The second-order valence-electron chi connectivity index (χ2n) is 2.81. The molecule has 1 heterocycles. The van der Waals surface area contributed by atoms with Gasteiger partial charge in [-0.3, -0.25) is 4.79 Å². The summed E-state index contributed by atoms with van der Waals surface area (Å²) in [7, 11) is 0. The molecule has 1 fully saturated rings. The quantitative estimate of drug-likeness (QED) is 0.338. The van der Waals surface area contributed by atoms with Crippen LogP contribution in [0.25, 0.3) is 0 Å². The van der Waals surface area contributed by atoms with Crippen LogP contribution in [0.15, 0.2) is 12.7 Å². The fourth-order valence-corrected chi connectivity index (χ4v) is 1.48. The van der Waals surface area contributed by atoms with E-state index in [0.717, 1.165) is 25.9 Å². The van der Waals surface area contributed by atoms with Gasteiger partial charge >= 0.3 is 5.37 Å². The van der Waals surface area contributed by atoms with E-state index in [1.165, 1.54) is 0 Å². The predicted octanol–water partition coefficient (Wildman–Crippen LogP) is 2.24. The molecular weight excluding hydrogens is 162 g/mol. The predicted molar refractivity (Wildman–Crippen MR) is 45.7 cm³/mol. The number of carbonyl (C=O) groups excluding carboxylic acids is 1. The molecule has 1 rings (SSSR count). The number of likely N-dealkylation sites (tertiary alicyclic amines) is 1. The Kier molecular flexibility index (Phi) is 2.94. The van der Waals surface area contributed by atoms with Crippen LogP contribution < -0.4 is 0 Å². The number of allylic oxidation sites excluding steroid dienone is 1. The van der Waals surface area contributed by atoms with Gasteiger partial charge in [-0.1, -0.05) is 6.08 Å². The van der Waals surface area contributed by atoms with Crippen molar-refractivity contribution in [1.29, 1.82) is 0 Å². The Bertz CT molecular complexity index is 161. The lowest BCUT2D eigenvalue weighted by molar-refractivity contribution is 0.200. The van der Waals surface area contributed by atoms with Crippen LogP contribution in [0.1, 0.15) is 12.8 Å². The van der Waals surface area contributed by atoms with Crippen molar-refractivity contribution < 1.29 is 4.79 Å². The summed E-state index contributed by atoms with van der Waals surface area (Å²) in [5, 5.41) is -0.326. The zero-order chi connectivity index (χ0) is 8.27. The summed E-state index contributed by atoms with van der Waals surface area (Å²) < 4.78 is 0. The van der Waals surface area contributed by atoms with Gasteiger partial charge in [0.2, 0.25) is 0 Å². The van der Waals surface area contributed by atoms with Crippen molar-refractivity contribution in [3.05, 3.63) is 12.7 Å². The molecule has 0 N–H and O–H groups in total. The first-order valence-electron chi connectivity index (χ1n) is 3.81. The number of hydrogen-bond donors (Lipinski definition) is 0. The standard InChI is InChI=1S/C8H12ClNO/c1-2-7-3-5-10(6-4-7)8(9)11/h2,7H,1,3-6H2. The minimum atomic E-state index is -0.326. The average molecular weight is 174 g/mol. The molecule has 0 atom stereocenters. The zero-order valence-corrected chi connectivity index (χ0v) is 7.18. The van der Waals surface area contributed by atoms with Gasteiger partial charge < -0.3 is 4.90 Å². The summed E-state index contributed by atoms with van der Waals surface area (Å²) in [6.07, 6.45) is 3.96. The van der Waals surface area contributed by atoms with E-state index in [4.69, 9.17) is 11.6 Å². The molecule has 11 heavy (non-hydrogen) atoms. The minimum Gasteiger partial charge on any atom is -0.329 e. The highest BCUT2D eigenvalue weighted by molar-refractivity contribution is 6.62. The van der Waals surface area contributed by atoms with Crippen LogP contribution in [0.5, 0.6) is 0 Å². The molecule has 1 amide bonds. The minimum absolute atomic E-state index is 0.326. The van der Waals surface area contributed by atoms with Crippen molar-refractivity contribution in [3.63, 3.8) is 0 Å². The zero-order valence-electron chi connectivity index (χ0n) is 6.42. The summed E-state index contributed by atoms with van der Waals surface area (Å²) in [4.78, 5) is 12.3. The van der Waals surface area contributed by atoms with Crippen molar-refractivity contribution in [2.75, 3.05) is 13.1 Å². The van der Waals surface area contributed by atoms with Gasteiger partial charge in [0.25, 0.3) is 0 Å². The Hall–Kier alpha value is -0.500. The molecule has 0 bridgehead atoms. The van der Waals surface area contributed by atoms with E-state index in [-0.39, 0.29) is 5.37 Å². The third-order valence-corrected chi connectivity index (χ3v) is 2.36. The molecule has 0 unspecified atom stereocenters. The molecule has 1 saturated heterocycles. The number of nitrogens with zero attached hydrogens (tertiary/aromatic N) is 1. The van der Waals surface area contributed by atoms with Gasteiger partial charge in [0.05, 0.1) is 0 Å². The summed E-state index contributed by atoms with van der Waals surface area (Å²) >= 11 is 5.31. The molecule has 0 aliphatic carbocycles. The largest absolute Gasteiger partial charge is 0.329 e. The van der Waals surface area contributed by atoms with Crippen LogP contribution in [0.2, 0.25) is 0 Å². The second kappa shape index (κ2) is 3.77. The van der Waals surface area contributed by atoms with Crippen LogP contribution in [-0.2, 0) is 0 Å². The number of carbonyl (C=O) groups is 1. The molecule has 0 aromatic carbocycles. The molecule has 62 valence electrons. The monoisotopic (exact) mass is 173 g/mol. The Balaban J connectivity index is 2.35. The third kappa shape index (κ3) is 2.22. The SMILES string of the molecule is C=CC1CCN(C(=O)Cl)CC1. The van der Waals surface area contributed by atoms with E-state index in [1.807, 2.05) is 6.08 Å². The highest BCUT2D eigenvalue weighted by Gasteiger charge is 2.18. The first kappa shape index (κ1) is 8.60.